The Bertz CT molecular complexity index is 769. The molecule has 2 aromatic rings. The van der Waals surface area contributed by atoms with Gasteiger partial charge in [0.15, 0.2) is 0 Å². The molecule has 1 aliphatic rings. The second-order valence-electron chi connectivity index (χ2n) is 6.60. The van der Waals surface area contributed by atoms with Crippen LogP contribution in [0.1, 0.15) is 24.1 Å². The minimum absolute atomic E-state index is 0.0125. The molecule has 1 atom stereocenters. The molecule has 6 heteroatoms. The number of hydrogen-bond acceptors (Lipinski definition) is 4. The number of ether oxygens (including phenoxy) is 1. The second-order valence-corrected chi connectivity index (χ2v) is 6.60. The van der Waals surface area contributed by atoms with E-state index >= 15 is 0 Å². The Kier molecular flexibility index (Phi) is 6.79. The van der Waals surface area contributed by atoms with Gasteiger partial charge in [-0.05, 0) is 42.3 Å². The number of benzene rings is 2. The number of amides is 1. The van der Waals surface area contributed by atoms with Crippen LogP contribution in [0.4, 0.5) is 4.39 Å². The molecule has 1 unspecified atom stereocenters. The van der Waals surface area contributed by atoms with Crippen LogP contribution in [-0.2, 0) is 11.3 Å². The Morgan fingerprint density at radius 3 is 2.96 bits per heavy atom. The lowest BCUT2D eigenvalue weighted by molar-refractivity contribution is -0.123. The number of rotatable bonds is 7. The SMILES string of the molecule is CCOc1cccc(CNC(=O)CN2CCNCC2c2cccc(F)c2)c1. The number of piperazine rings is 1. The summed E-state index contributed by atoms with van der Waals surface area (Å²) in [5.74, 6) is 0.509. The van der Waals surface area contributed by atoms with E-state index in [-0.39, 0.29) is 24.3 Å². The van der Waals surface area contributed by atoms with Gasteiger partial charge in [-0.2, -0.15) is 0 Å². The van der Waals surface area contributed by atoms with Gasteiger partial charge < -0.3 is 15.4 Å². The van der Waals surface area contributed by atoms with E-state index in [0.29, 0.717) is 19.7 Å². The highest BCUT2D eigenvalue weighted by atomic mass is 19.1. The Labute approximate surface area is 159 Å². The van der Waals surface area contributed by atoms with Crippen molar-refractivity contribution in [2.45, 2.75) is 19.5 Å². The molecule has 1 saturated heterocycles. The first-order valence-corrected chi connectivity index (χ1v) is 9.34. The van der Waals surface area contributed by atoms with Gasteiger partial charge in [-0.15, -0.1) is 0 Å². The van der Waals surface area contributed by atoms with Crippen LogP contribution in [0.3, 0.4) is 0 Å². The molecule has 0 spiro atoms. The second kappa shape index (κ2) is 9.48. The Morgan fingerprint density at radius 1 is 1.30 bits per heavy atom. The summed E-state index contributed by atoms with van der Waals surface area (Å²) in [5.41, 5.74) is 1.88. The van der Waals surface area contributed by atoms with Crippen LogP contribution in [0.25, 0.3) is 0 Å². The van der Waals surface area contributed by atoms with Gasteiger partial charge in [0.05, 0.1) is 13.2 Å². The minimum Gasteiger partial charge on any atom is -0.494 e. The van der Waals surface area contributed by atoms with Crippen LogP contribution in [0.2, 0.25) is 0 Å². The predicted octanol–water partition coefficient (Wildman–Crippen LogP) is 2.49. The van der Waals surface area contributed by atoms with Gasteiger partial charge in [0, 0.05) is 32.2 Å². The first kappa shape index (κ1) is 19.3. The largest absolute Gasteiger partial charge is 0.494 e. The number of carbonyl (C=O) groups excluding carboxylic acids is 1. The summed E-state index contributed by atoms with van der Waals surface area (Å²) in [6.07, 6.45) is 0. The van der Waals surface area contributed by atoms with Gasteiger partial charge in [0.2, 0.25) is 5.91 Å². The van der Waals surface area contributed by atoms with E-state index in [9.17, 15) is 9.18 Å². The highest BCUT2D eigenvalue weighted by molar-refractivity contribution is 5.78. The molecule has 2 N–H and O–H groups in total. The van der Waals surface area contributed by atoms with E-state index in [1.54, 1.807) is 12.1 Å². The lowest BCUT2D eigenvalue weighted by atomic mass is 10.0. The molecule has 1 aliphatic heterocycles. The fourth-order valence-corrected chi connectivity index (χ4v) is 3.33. The smallest absolute Gasteiger partial charge is 0.234 e. The van der Waals surface area contributed by atoms with E-state index in [4.69, 9.17) is 4.74 Å². The molecule has 1 amide bonds. The highest BCUT2D eigenvalue weighted by Crippen LogP contribution is 2.22. The molecule has 0 saturated carbocycles. The third-order valence-electron chi connectivity index (χ3n) is 4.63. The van der Waals surface area contributed by atoms with Crippen molar-refractivity contribution in [3.8, 4) is 5.75 Å². The van der Waals surface area contributed by atoms with Crippen LogP contribution >= 0.6 is 0 Å². The average Bonchev–Trinajstić information content (AvgIpc) is 2.67. The topological polar surface area (TPSA) is 53.6 Å². The van der Waals surface area contributed by atoms with Crippen LogP contribution < -0.4 is 15.4 Å². The van der Waals surface area contributed by atoms with Crippen molar-refractivity contribution in [3.63, 3.8) is 0 Å². The van der Waals surface area contributed by atoms with Crippen LogP contribution in [0.5, 0.6) is 5.75 Å². The minimum atomic E-state index is -0.253. The van der Waals surface area contributed by atoms with Gasteiger partial charge in [0.25, 0.3) is 0 Å². The van der Waals surface area contributed by atoms with E-state index < -0.39 is 0 Å². The normalized spacial score (nSPS) is 17.5. The van der Waals surface area contributed by atoms with E-state index in [0.717, 1.165) is 30.0 Å². The summed E-state index contributed by atoms with van der Waals surface area (Å²) in [7, 11) is 0. The molecule has 0 aliphatic carbocycles. The van der Waals surface area contributed by atoms with Gasteiger partial charge in [-0.25, -0.2) is 4.39 Å². The summed E-state index contributed by atoms with van der Waals surface area (Å²) in [6, 6.07) is 14.3. The molecule has 1 fully saturated rings. The third-order valence-corrected chi connectivity index (χ3v) is 4.63. The Hall–Kier alpha value is -2.44. The quantitative estimate of drug-likeness (QED) is 0.785. The van der Waals surface area contributed by atoms with E-state index in [1.165, 1.54) is 6.07 Å². The van der Waals surface area contributed by atoms with Crippen molar-refractivity contribution >= 4 is 5.91 Å². The lowest BCUT2D eigenvalue weighted by Crippen LogP contribution is -2.49. The van der Waals surface area contributed by atoms with E-state index in [2.05, 4.69) is 15.5 Å². The zero-order valence-electron chi connectivity index (χ0n) is 15.6. The monoisotopic (exact) mass is 371 g/mol. The maximum absolute atomic E-state index is 13.6. The van der Waals surface area contributed by atoms with Crippen molar-refractivity contribution in [1.82, 2.24) is 15.5 Å². The molecule has 0 aromatic heterocycles. The number of nitrogens with one attached hydrogen (secondary N) is 2. The summed E-state index contributed by atoms with van der Waals surface area (Å²) in [4.78, 5) is 14.6. The zero-order chi connectivity index (χ0) is 19.1. The van der Waals surface area contributed by atoms with Crippen LogP contribution in [0.15, 0.2) is 48.5 Å². The third kappa shape index (κ3) is 5.52. The van der Waals surface area contributed by atoms with Gasteiger partial charge in [-0.1, -0.05) is 24.3 Å². The van der Waals surface area contributed by atoms with E-state index in [1.807, 2.05) is 37.3 Å². The van der Waals surface area contributed by atoms with Gasteiger partial charge in [0.1, 0.15) is 11.6 Å². The van der Waals surface area contributed by atoms with Crippen molar-refractivity contribution < 1.29 is 13.9 Å². The van der Waals surface area contributed by atoms with Gasteiger partial charge >= 0.3 is 0 Å². The molecular formula is C21H26FN3O2. The molecule has 0 bridgehead atoms. The van der Waals surface area contributed by atoms with Crippen LogP contribution in [-0.4, -0.2) is 43.6 Å². The predicted molar refractivity (Wildman–Crippen MR) is 103 cm³/mol. The molecule has 0 radical (unpaired) electrons. The average molecular weight is 371 g/mol. The summed E-state index contributed by atoms with van der Waals surface area (Å²) in [5, 5.41) is 6.29. The highest BCUT2D eigenvalue weighted by Gasteiger charge is 2.25. The fourth-order valence-electron chi connectivity index (χ4n) is 3.33. The summed E-state index contributed by atoms with van der Waals surface area (Å²) < 4.78 is 19.1. The van der Waals surface area contributed by atoms with Crippen molar-refractivity contribution in [2.75, 3.05) is 32.8 Å². The van der Waals surface area contributed by atoms with Crippen molar-refractivity contribution in [3.05, 3.63) is 65.5 Å². The Morgan fingerprint density at radius 2 is 2.15 bits per heavy atom. The molecular weight excluding hydrogens is 345 g/mol. The Balaban J connectivity index is 1.58. The number of hydrogen-bond donors (Lipinski definition) is 2. The standard InChI is InChI=1S/C21H26FN3O2/c1-2-27-19-8-3-5-16(11-19)13-24-21(26)15-25-10-9-23-14-20(25)17-6-4-7-18(22)12-17/h3-8,11-12,20,23H,2,9-10,13-15H2,1H3,(H,24,26). The van der Waals surface area contributed by atoms with Crippen LogP contribution in [0, 0.1) is 5.82 Å². The number of carbonyl (C=O) groups is 1. The molecule has 1 heterocycles. The number of halogens is 1. The van der Waals surface area contributed by atoms with Crippen molar-refractivity contribution in [2.24, 2.45) is 0 Å². The molecule has 27 heavy (non-hydrogen) atoms. The van der Waals surface area contributed by atoms with Gasteiger partial charge in [-0.3, -0.25) is 9.69 Å². The summed E-state index contributed by atoms with van der Waals surface area (Å²) in [6.45, 7) is 5.55. The molecule has 2 aromatic carbocycles. The first-order chi connectivity index (χ1) is 13.2. The number of nitrogens with zero attached hydrogens (tertiary/aromatic N) is 1. The summed E-state index contributed by atoms with van der Waals surface area (Å²) >= 11 is 0. The molecule has 3 rings (SSSR count). The maximum atomic E-state index is 13.6. The molecule has 144 valence electrons. The molecule has 5 nitrogen and oxygen atoms in total. The fraction of sp³-hybridized carbons (Fsp3) is 0.381. The maximum Gasteiger partial charge on any atom is 0.234 e. The zero-order valence-corrected chi connectivity index (χ0v) is 15.6. The lowest BCUT2D eigenvalue weighted by Gasteiger charge is -2.36. The first-order valence-electron chi connectivity index (χ1n) is 9.34. The van der Waals surface area contributed by atoms with Crippen molar-refractivity contribution in [1.29, 1.82) is 0 Å².